The Morgan fingerprint density at radius 1 is 1.43 bits per heavy atom. The summed E-state index contributed by atoms with van der Waals surface area (Å²) in [6.45, 7) is 2.27. The van der Waals surface area contributed by atoms with Gasteiger partial charge in [0, 0.05) is 15.7 Å². The highest BCUT2D eigenvalue weighted by atomic mass is 35.5. The number of anilines is 1. The van der Waals surface area contributed by atoms with Crippen LogP contribution in [-0.4, -0.2) is 16.6 Å². The van der Waals surface area contributed by atoms with Crippen LogP contribution in [-0.2, 0) is 23.4 Å². The van der Waals surface area contributed by atoms with Gasteiger partial charge in [-0.3, -0.25) is 4.79 Å². The maximum Gasteiger partial charge on any atom is 0.236 e. The highest BCUT2D eigenvalue weighted by molar-refractivity contribution is 7.99. The number of carbonyl (C=O) groups is 1. The summed E-state index contributed by atoms with van der Waals surface area (Å²) < 4.78 is 0. The number of rotatable bonds is 5. The first kappa shape index (κ1) is 16.8. The van der Waals surface area contributed by atoms with Crippen molar-refractivity contribution in [1.29, 1.82) is 0 Å². The Labute approximate surface area is 149 Å². The molecule has 0 aliphatic heterocycles. The molecule has 122 valence electrons. The van der Waals surface area contributed by atoms with Gasteiger partial charge in [-0.2, -0.15) is 0 Å². The molecule has 23 heavy (non-hydrogen) atoms. The van der Waals surface area contributed by atoms with Gasteiger partial charge in [-0.1, -0.05) is 30.7 Å². The summed E-state index contributed by atoms with van der Waals surface area (Å²) in [7, 11) is 0. The van der Waals surface area contributed by atoms with Crippen molar-refractivity contribution in [2.24, 2.45) is 5.92 Å². The van der Waals surface area contributed by atoms with E-state index < -0.39 is 0 Å². The number of aryl methyl sites for hydroxylation is 1. The van der Waals surface area contributed by atoms with Crippen LogP contribution in [0.1, 0.15) is 29.5 Å². The Kier molecular flexibility index (Phi) is 5.62. The molecule has 0 radical (unpaired) electrons. The molecule has 1 amide bonds. The number of hydrogen-bond donors (Lipinski definition) is 1. The van der Waals surface area contributed by atoms with Crippen molar-refractivity contribution in [2.45, 2.75) is 31.9 Å². The molecule has 0 fully saturated rings. The zero-order valence-electron chi connectivity index (χ0n) is 13.0. The van der Waals surface area contributed by atoms with E-state index in [4.69, 9.17) is 11.6 Å². The number of hydrogen-bond acceptors (Lipinski definition) is 4. The van der Waals surface area contributed by atoms with E-state index in [0.29, 0.717) is 5.75 Å². The second kappa shape index (κ2) is 7.69. The van der Waals surface area contributed by atoms with E-state index >= 15 is 0 Å². The quantitative estimate of drug-likeness (QED) is 0.826. The maximum absolute atomic E-state index is 12.0. The topological polar surface area (TPSA) is 42.0 Å². The molecule has 1 aromatic carbocycles. The minimum atomic E-state index is 0.0168. The number of fused-ring (bicyclic) bond motifs is 1. The zero-order valence-corrected chi connectivity index (χ0v) is 15.4. The van der Waals surface area contributed by atoms with E-state index in [-0.39, 0.29) is 5.91 Å². The van der Waals surface area contributed by atoms with Crippen molar-refractivity contribution < 1.29 is 4.79 Å². The largest absolute Gasteiger partial charge is 0.301 e. The van der Waals surface area contributed by atoms with Crippen molar-refractivity contribution in [3.8, 4) is 0 Å². The number of amides is 1. The Hall–Kier alpha value is -1.04. The van der Waals surface area contributed by atoms with Crippen molar-refractivity contribution in [3.05, 3.63) is 45.4 Å². The zero-order chi connectivity index (χ0) is 16.2. The lowest BCUT2D eigenvalue weighted by Gasteiger charge is -2.15. The van der Waals surface area contributed by atoms with Crippen molar-refractivity contribution >= 4 is 45.7 Å². The second-order valence-corrected chi connectivity index (χ2v) is 8.41. The van der Waals surface area contributed by atoms with E-state index in [0.717, 1.165) is 34.7 Å². The molecule has 1 aliphatic rings. The van der Waals surface area contributed by atoms with Gasteiger partial charge >= 0.3 is 0 Å². The van der Waals surface area contributed by atoms with E-state index in [1.807, 2.05) is 24.3 Å². The molecule has 1 aliphatic carbocycles. The predicted molar refractivity (Wildman–Crippen MR) is 99.5 cm³/mol. The standard InChI is InChI=1S/C17H19ClN2OS2/c1-11-2-7-14-15(8-11)23-17(19-14)20-16(21)10-22-9-12-3-5-13(18)6-4-12/h3-6,11H,2,7-10H2,1H3,(H,19,20,21). The average molecular weight is 367 g/mol. The summed E-state index contributed by atoms with van der Waals surface area (Å²) in [5, 5.41) is 4.42. The first-order valence-electron chi connectivity index (χ1n) is 7.71. The third-order valence-corrected chi connectivity index (χ3v) is 6.14. The Morgan fingerprint density at radius 3 is 3.00 bits per heavy atom. The molecule has 1 aromatic heterocycles. The minimum Gasteiger partial charge on any atom is -0.301 e. The van der Waals surface area contributed by atoms with Crippen LogP contribution in [0.3, 0.4) is 0 Å². The molecule has 0 saturated carbocycles. The number of carbonyl (C=O) groups excluding carboxylic acids is 1. The van der Waals surface area contributed by atoms with E-state index in [1.165, 1.54) is 22.6 Å². The second-order valence-electron chi connectivity index (χ2n) is 5.90. The normalized spacial score (nSPS) is 16.9. The number of thioether (sulfide) groups is 1. The number of halogens is 1. The lowest BCUT2D eigenvalue weighted by Crippen LogP contribution is -2.14. The van der Waals surface area contributed by atoms with Gasteiger partial charge in [-0.05, 0) is 42.9 Å². The molecule has 2 aromatic rings. The van der Waals surface area contributed by atoms with Gasteiger partial charge in [0.1, 0.15) is 0 Å². The highest BCUT2D eigenvalue weighted by Gasteiger charge is 2.20. The van der Waals surface area contributed by atoms with Crippen LogP contribution < -0.4 is 5.32 Å². The first-order chi connectivity index (χ1) is 11.1. The molecular formula is C17H19ClN2OS2. The van der Waals surface area contributed by atoms with Gasteiger partial charge in [0.05, 0.1) is 11.4 Å². The van der Waals surface area contributed by atoms with Crippen molar-refractivity contribution in [1.82, 2.24) is 4.98 Å². The highest BCUT2D eigenvalue weighted by Crippen LogP contribution is 2.32. The van der Waals surface area contributed by atoms with Crippen LogP contribution in [0.25, 0.3) is 0 Å². The smallest absolute Gasteiger partial charge is 0.236 e. The van der Waals surface area contributed by atoms with Crippen LogP contribution in [0.2, 0.25) is 5.02 Å². The summed E-state index contributed by atoms with van der Waals surface area (Å²) in [6.07, 6.45) is 3.32. The molecule has 0 saturated heterocycles. The fourth-order valence-corrected chi connectivity index (χ4v) is 4.69. The van der Waals surface area contributed by atoms with Gasteiger partial charge in [0.15, 0.2) is 5.13 Å². The number of nitrogens with one attached hydrogen (secondary N) is 1. The average Bonchev–Trinajstić information content (AvgIpc) is 2.90. The molecule has 0 spiro atoms. The number of nitrogens with zero attached hydrogens (tertiary/aromatic N) is 1. The molecule has 3 nitrogen and oxygen atoms in total. The third kappa shape index (κ3) is 4.72. The van der Waals surface area contributed by atoms with Gasteiger partial charge in [-0.25, -0.2) is 4.98 Å². The summed E-state index contributed by atoms with van der Waals surface area (Å²) >= 11 is 9.09. The van der Waals surface area contributed by atoms with E-state index in [1.54, 1.807) is 23.1 Å². The van der Waals surface area contributed by atoms with Crippen LogP contribution in [0.5, 0.6) is 0 Å². The van der Waals surface area contributed by atoms with Crippen LogP contribution in [0.4, 0.5) is 5.13 Å². The molecule has 3 rings (SSSR count). The van der Waals surface area contributed by atoms with Crippen LogP contribution >= 0.6 is 34.7 Å². The maximum atomic E-state index is 12.0. The van der Waals surface area contributed by atoms with Gasteiger partial charge in [0.2, 0.25) is 5.91 Å². The molecular weight excluding hydrogens is 348 g/mol. The lowest BCUT2D eigenvalue weighted by molar-refractivity contribution is -0.113. The summed E-state index contributed by atoms with van der Waals surface area (Å²) in [4.78, 5) is 18.0. The predicted octanol–water partition coefficient (Wildman–Crippen LogP) is 4.79. The van der Waals surface area contributed by atoms with Gasteiger partial charge in [-0.15, -0.1) is 23.1 Å². The summed E-state index contributed by atoms with van der Waals surface area (Å²) in [5.41, 5.74) is 2.35. The van der Waals surface area contributed by atoms with Crippen molar-refractivity contribution in [2.75, 3.05) is 11.1 Å². The SMILES string of the molecule is CC1CCc2nc(NC(=O)CSCc3ccc(Cl)cc3)sc2C1. The molecule has 6 heteroatoms. The first-order valence-corrected chi connectivity index (χ1v) is 10.1. The van der Waals surface area contributed by atoms with Crippen molar-refractivity contribution in [3.63, 3.8) is 0 Å². The number of thiazole rings is 1. The molecule has 1 atom stereocenters. The van der Waals surface area contributed by atoms with Crippen LogP contribution in [0.15, 0.2) is 24.3 Å². The van der Waals surface area contributed by atoms with Crippen LogP contribution in [0, 0.1) is 5.92 Å². The Morgan fingerprint density at radius 2 is 2.22 bits per heavy atom. The van der Waals surface area contributed by atoms with Gasteiger partial charge in [0.25, 0.3) is 0 Å². The number of benzene rings is 1. The van der Waals surface area contributed by atoms with E-state index in [9.17, 15) is 4.79 Å². The Bertz CT molecular complexity index is 684. The molecule has 1 N–H and O–H groups in total. The van der Waals surface area contributed by atoms with E-state index in [2.05, 4.69) is 17.2 Å². The monoisotopic (exact) mass is 366 g/mol. The van der Waals surface area contributed by atoms with Gasteiger partial charge < -0.3 is 5.32 Å². The minimum absolute atomic E-state index is 0.0168. The Balaban J connectivity index is 1.47. The third-order valence-electron chi connectivity index (χ3n) is 3.85. The number of aromatic nitrogens is 1. The summed E-state index contributed by atoms with van der Waals surface area (Å²) in [6, 6.07) is 7.73. The fraction of sp³-hybridized carbons (Fsp3) is 0.412. The molecule has 1 unspecified atom stereocenters. The lowest BCUT2D eigenvalue weighted by atomic mass is 9.93. The molecule has 1 heterocycles. The molecule has 0 bridgehead atoms. The summed E-state index contributed by atoms with van der Waals surface area (Å²) in [5.74, 6) is 1.98. The fourth-order valence-electron chi connectivity index (χ4n) is 2.59.